The van der Waals surface area contributed by atoms with Gasteiger partial charge in [0.05, 0.1) is 17.7 Å². The van der Waals surface area contributed by atoms with Crippen molar-refractivity contribution in [1.82, 2.24) is 10.3 Å². The predicted molar refractivity (Wildman–Crippen MR) is 89.7 cm³/mol. The van der Waals surface area contributed by atoms with E-state index in [-0.39, 0.29) is 18.1 Å². The SMILES string of the molecule is CC(C)Oc1ccc(C(C)NC(=O)c2ccc[nH]c2=S)cc1. The fourth-order valence-electron chi connectivity index (χ4n) is 2.07. The Morgan fingerprint density at radius 3 is 2.45 bits per heavy atom. The Bertz CT molecular complexity index is 692. The number of carbonyl (C=O) groups is 1. The van der Waals surface area contributed by atoms with E-state index in [1.807, 2.05) is 45.0 Å². The lowest BCUT2D eigenvalue weighted by Gasteiger charge is -2.16. The molecule has 0 spiro atoms. The van der Waals surface area contributed by atoms with Crippen molar-refractivity contribution in [3.8, 4) is 5.75 Å². The van der Waals surface area contributed by atoms with Gasteiger partial charge in [-0.3, -0.25) is 4.79 Å². The van der Waals surface area contributed by atoms with Crippen molar-refractivity contribution in [3.63, 3.8) is 0 Å². The summed E-state index contributed by atoms with van der Waals surface area (Å²) in [4.78, 5) is 15.1. The molecule has 1 amide bonds. The first-order valence-corrected chi connectivity index (χ1v) is 7.63. The molecule has 4 nitrogen and oxygen atoms in total. The molecular formula is C17H20N2O2S. The van der Waals surface area contributed by atoms with Crippen LogP contribution in [-0.2, 0) is 0 Å². The molecular weight excluding hydrogens is 296 g/mol. The van der Waals surface area contributed by atoms with Crippen molar-refractivity contribution in [2.75, 3.05) is 0 Å². The highest BCUT2D eigenvalue weighted by molar-refractivity contribution is 7.71. The fourth-order valence-corrected chi connectivity index (χ4v) is 2.29. The maximum absolute atomic E-state index is 12.2. The summed E-state index contributed by atoms with van der Waals surface area (Å²) in [6.07, 6.45) is 1.85. The molecule has 0 aliphatic rings. The van der Waals surface area contributed by atoms with E-state index in [9.17, 15) is 4.79 Å². The van der Waals surface area contributed by atoms with E-state index in [4.69, 9.17) is 17.0 Å². The van der Waals surface area contributed by atoms with Gasteiger partial charge in [0.1, 0.15) is 10.4 Å². The summed E-state index contributed by atoms with van der Waals surface area (Å²) in [6.45, 7) is 5.91. The molecule has 1 atom stereocenters. The number of H-pyrrole nitrogens is 1. The van der Waals surface area contributed by atoms with Gasteiger partial charge in [-0.15, -0.1) is 0 Å². The first-order chi connectivity index (χ1) is 10.5. The summed E-state index contributed by atoms with van der Waals surface area (Å²) in [5.74, 6) is 0.639. The molecule has 2 aromatic rings. The van der Waals surface area contributed by atoms with E-state index in [0.29, 0.717) is 10.2 Å². The van der Waals surface area contributed by atoms with Crippen LogP contribution in [0.15, 0.2) is 42.6 Å². The molecule has 1 heterocycles. The second-order valence-corrected chi connectivity index (χ2v) is 5.75. The molecule has 1 aromatic carbocycles. The molecule has 1 unspecified atom stereocenters. The zero-order chi connectivity index (χ0) is 16.1. The Labute approximate surface area is 135 Å². The Morgan fingerprint density at radius 1 is 1.18 bits per heavy atom. The van der Waals surface area contributed by atoms with Crippen LogP contribution in [0.2, 0.25) is 0 Å². The number of pyridine rings is 1. The zero-order valence-corrected chi connectivity index (χ0v) is 13.7. The molecule has 5 heteroatoms. The van der Waals surface area contributed by atoms with Gasteiger partial charge in [-0.2, -0.15) is 0 Å². The van der Waals surface area contributed by atoms with Gasteiger partial charge in [0.15, 0.2) is 0 Å². The number of carbonyl (C=O) groups excluding carboxylic acids is 1. The quantitative estimate of drug-likeness (QED) is 0.819. The molecule has 0 bridgehead atoms. The first-order valence-electron chi connectivity index (χ1n) is 7.22. The maximum Gasteiger partial charge on any atom is 0.254 e. The lowest BCUT2D eigenvalue weighted by Crippen LogP contribution is -2.27. The number of benzene rings is 1. The second kappa shape index (κ2) is 7.22. The molecule has 0 radical (unpaired) electrons. The van der Waals surface area contributed by atoms with E-state index >= 15 is 0 Å². The summed E-state index contributed by atoms with van der Waals surface area (Å²) in [5, 5.41) is 2.95. The van der Waals surface area contributed by atoms with Gasteiger partial charge in [0, 0.05) is 6.20 Å². The minimum absolute atomic E-state index is 0.116. The Kier molecular flexibility index (Phi) is 5.33. The summed E-state index contributed by atoms with van der Waals surface area (Å²) in [6, 6.07) is 11.1. The van der Waals surface area contributed by atoms with Crippen LogP contribution in [0, 0.1) is 4.64 Å². The minimum atomic E-state index is -0.183. The van der Waals surface area contributed by atoms with E-state index in [1.165, 1.54) is 0 Å². The number of ether oxygens (including phenoxy) is 1. The molecule has 0 aliphatic heterocycles. The first kappa shape index (κ1) is 16.2. The largest absolute Gasteiger partial charge is 0.491 e. The van der Waals surface area contributed by atoms with Crippen LogP contribution in [0.3, 0.4) is 0 Å². The van der Waals surface area contributed by atoms with Gasteiger partial charge in [-0.1, -0.05) is 24.4 Å². The average molecular weight is 316 g/mol. The van der Waals surface area contributed by atoms with E-state index < -0.39 is 0 Å². The van der Waals surface area contributed by atoms with Gasteiger partial charge in [0.2, 0.25) is 0 Å². The highest BCUT2D eigenvalue weighted by Crippen LogP contribution is 2.19. The number of aromatic amines is 1. The van der Waals surface area contributed by atoms with Crippen LogP contribution in [0.25, 0.3) is 0 Å². The van der Waals surface area contributed by atoms with Crippen molar-refractivity contribution < 1.29 is 9.53 Å². The third-order valence-corrected chi connectivity index (χ3v) is 3.50. The molecule has 0 saturated heterocycles. The Hall–Kier alpha value is -2.14. The molecule has 0 fully saturated rings. The van der Waals surface area contributed by atoms with Crippen LogP contribution in [-0.4, -0.2) is 17.0 Å². The summed E-state index contributed by atoms with van der Waals surface area (Å²) in [7, 11) is 0. The molecule has 2 rings (SSSR count). The number of amides is 1. The number of nitrogens with one attached hydrogen (secondary N) is 2. The average Bonchev–Trinajstić information content (AvgIpc) is 2.47. The molecule has 116 valence electrons. The highest BCUT2D eigenvalue weighted by atomic mass is 32.1. The summed E-state index contributed by atoms with van der Waals surface area (Å²) in [5.41, 5.74) is 1.49. The molecule has 0 aliphatic carbocycles. The van der Waals surface area contributed by atoms with E-state index in [0.717, 1.165) is 11.3 Å². The summed E-state index contributed by atoms with van der Waals surface area (Å²) < 4.78 is 6.05. The van der Waals surface area contributed by atoms with Crippen LogP contribution < -0.4 is 10.1 Å². The van der Waals surface area contributed by atoms with Crippen LogP contribution >= 0.6 is 12.2 Å². The van der Waals surface area contributed by atoms with Gasteiger partial charge in [-0.05, 0) is 50.6 Å². The molecule has 1 aromatic heterocycles. The topological polar surface area (TPSA) is 54.1 Å². The molecule has 2 N–H and O–H groups in total. The maximum atomic E-state index is 12.2. The van der Waals surface area contributed by atoms with Gasteiger partial charge in [-0.25, -0.2) is 0 Å². The monoisotopic (exact) mass is 316 g/mol. The van der Waals surface area contributed by atoms with Crippen molar-refractivity contribution in [2.45, 2.75) is 32.9 Å². The zero-order valence-electron chi connectivity index (χ0n) is 12.9. The highest BCUT2D eigenvalue weighted by Gasteiger charge is 2.12. The normalized spacial score (nSPS) is 12.0. The van der Waals surface area contributed by atoms with Gasteiger partial charge >= 0.3 is 0 Å². The van der Waals surface area contributed by atoms with Gasteiger partial charge in [0.25, 0.3) is 5.91 Å². The standard InChI is InChI=1S/C17H20N2O2S/c1-11(2)21-14-8-6-13(7-9-14)12(3)19-16(20)15-5-4-10-18-17(15)22/h4-12H,1-3H3,(H,18,22)(H,19,20). The van der Waals surface area contributed by atoms with Gasteiger partial charge < -0.3 is 15.0 Å². The second-order valence-electron chi connectivity index (χ2n) is 5.34. The van der Waals surface area contributed by atoms with Crippen LogP contribution in [0.4, 0.5) is 0 Å². The van der Waals surface area contributed by atoms with Crippen molar-refractivity contribution in [1.29, 1.82) is 0 Å². The lowest BCUT2D eigenvalue weighted by molar-refractivity contribution is 0.0939. The molecule has 0 saturated carbocycles. The van der Waals surface area contributed by atoms with Crippen LogP contribution in [0.5, 0.6) is 5.75 Å². The van der Waals surface area contributed by atoms with Crippen LogP contribution in [0.1, 0.15) is 42.7 Å². The third kappa shape index (κ3) is 4.18. The third-order valence-electron chi connectivity index (χ3n) is 3.16. The number of rotatable bonds is 5. The van der Waals surface area contributed by atoms with E-state index in [1.54, 1.807) is 18.3 Å². The number of hydrogen-bond acceptors (Lipinski definition) is 3. The van der Waals surface area contributed by atoms with Crippen molar-refractivity contribution in [2.24, 2.45) is 0 Å². The number of hydrogen-bond donors (Lipinski definition) is 2. The Balaban J connectivity index is 2.06. The number of aromatic nitrogens is 1. The Morgan fingerprint density at radius 2 is 1.86 bits per heavy atom. The smallest absolute Gasteiger partial charge is 0.254 e. The lowest BCUT2D eigenvalue weighted by atomic mass is 10.1. The predicted octanol–water partition coefficient (Wildman–Crippen LogP) is 4.02. The fraction of sp³-hybridized carbons (Fsp3) is 0.294. The van der Waals surface area contributed by atoms with Crippen molar-refractivity contribution in [3.05, 3.63) is 58.4 Å². The summed E-state index contributed by atoms with van der Waals surface area (Å²) >= 11 is 5.12. The molecule has 22 heavy (non-hydrogen) atoms. The minimum Gasteiger partial charge on any atom is -0.491 e. The van der Waals surface area contributed by atoms with Crippen molar-refractivity contribution >= 4 is 18.1 Å². The van der Waals surface area contributed by atoms with E-state index in [2.05, 4.69) is 10.3 Å².